The molecule has 4 aromatic rings. The van der Waals surface area contributed by atoms with Crippen LogP contribution in [0.3, 0.4) is 0 Å². The predicted octanol–water partition coefficient (Wildman–Crippen LogP) is 4.52. The van der Waals surface area contributed by atoms with Gasteiger partial charge in [0.25, 0.3) is 5.91 Å². The Bertz CT molecular complexity index is 1170. The van der Waals surface area contributed by atoms with E-state index in [0.717, 1.165) is 16.3 Å². The molecule has 4 rings (SSSR count). The summed E-state index contributed by atoms with van der Waals surface area (Å²) in [4.78, 5) is 20.9. The van der Waals surface area contributed by atoms with Crippen molar-refractivity contribution in [3.8, 4) is 17.0 Å². The van der Waals surface area contributed by atoms with E-state index < -0.39 is 6.10 Å². The average Bonchev–Trinajstić information content (AvgIpc) is 2.78. The van der Waals surface area contributed by atoms with E-state index >= 15 is 0 Å². The molecule has 3 aromatic carbocycles. The highest BCUT2D eigenvalue weighted by atomic mass is 19.1. The van der Waals surface area contributed by atoms with Crippen molar-refractivity contribution < 1.29 is 13.9 Å². The van der Waals surface area contributed by atoms with Crippen molar-refractivity contribution in [3.63, 3.8) is 0 Å². The molecule has 0 fully saturated rings. The molecular weight excluding hydrogens is 381 g/mol. The molecular formula is C24H20FN3O2. The molecule has 0 saturated heterocycles. The van der Waals surface area contributed by atoms with Crippen LogP contribution in [0.1, 0.15) is 12.6 Å². The van der Waals surface area contributed by atoms with E-state index in [1.807, 2.05) is 42.5 Å². The van der Waals surface area contributed by atoms with Crippen molar-refractivity contribution in [2.75, 3.05) is 0 Å². The number of amides is 1. The van der Waals surface area contributed by atoms with Gasteiger partial charge in [0.2, 0.25) is 0 Å². The minimum absolute atomic E-state index is 0.235. The van der Waals surface area contributed by atoms with Gasteiger partial charge in [-0.05, 0) is 48.7 Å². The molecule has 5 nitrogen and oxygen atoms in total. The lowest BCUT2D eigenvalue weighted by Crippen LogP contribution is -2.36. The van der Waals surface area contributed by atoms with Gasteiger partial charge in [-0.1, -0.05) is 36.4 Å². The lowest BCUT2D eigenvalue weighted by Gasteiger charge is -2.16. The van der Waals surface area contributed by atoms with Crippen molar-refractivity contribution in [2.24, 2.45) is 0 Å². The van der Waals surface area contributed by atoms with E-state index in [9.17, 15) is 9.18 Å². The van der Waals surface area contributed by atoms with Crippen LogP contribution in [-0.2, 0) is 11.3 Å². The van der Waals surface area contributed by atoms with Gasteiger partial charge in [-0.2, -0.15) is 0 Å². The fourth-order valence-corrected chi connectivity index (χ4v) is 3.14. The summed E-state index contributed by atoms with van der Waals surface area (Å²) in [5.74, 6) is 0.113. The second kappa shape index (κ2) is 8.69. The average molecular weight is 401 g/mol. The number of hydrogen-bond donors (Lipinski definition) is 1. The highest BCUT2D eigenvalue weighted by molar-refractivity contribution is 5.89. The van der Waals surface area contributed by atoms with Crippen LogP contribution < -0.4 is 10.1 Å². The fraction of sp³-hybridized carbons (Fsp3) is 0.125. The van der Waals surface area contributed by atoms with Crippen LogP contribution in [0.2, 0.25) is 0 Å². The Kier molecular flexibility index (Phi) is 5.66. The number of hydrogen-bond acceptors (Lipinski definition) is 4. The van der Waals surface area contributed by atoms with Crippen LogP contribution >= 0.6 is 0 Å². The second-order valence-electron chi connectivity index (χ2n) is 6.86. The van der Waals surface area contributed by atoms with Gasteiger partial charge < -0.3 is 10.1 Å². The summed E-state index contributed by atoms with van der Waals surface area (Å²) in [6.07, 6.45) is 0.755. The number of nitrogens with zero attached hydrogens (tertiary/aromatic N) is 2. The maximum absolute atomic E-state index is 13.1. The zero-order valence-electron chi connectivity index (χ0n) is 16.4. The summed E-state index contributed by atoms with van der Waals surface area (Å²) in [6, 6.07) is 21.5. The van der Waals surface area contributed by atoms with E-state index in [2.05, 4.69) is 15.3 Å². The topological polar surface area (TPSA) is 64.1 Å². The zero-order chi connectivity index (χ0) is 20.9. The minimum atomic E-state index is -0.672. The fourth-order valence-electron chi connectivity index (χ4n) is 3.14. The third kappa shape index (κ3) is 4.43. The molecule has 0 spiro atoms. The van der Waals surface area contributed by atoms with Crippen LogP contribution in [-0.4, -0.2) is 22.0 Å². The lowest BCUT2D eigenvalue weighted by atomic mass is 10.1. The number of carbonyl (C=O) groups excluding carboxylic acids is 1. The van der Waals surface area contributed by atoms with E-state index in [0.29, 0.717) is 17.1 Å². The molecule has 0 aliphatic rings. The van der Waals surface area contributed by atoms with Crippen LogP contribution in [0, 0.1) is 5.82 Å². The Hall–Kier alpha value is -3.80. The molecule has 0 aliphatic heterocycles. The van der Waals surface area contributed by atoms with Gasteiger partial charge in [0.15, 0.2) is 6.10 Å². The maximum Gasteiger partial charge on any atom is 0.261 e. The summed E-state index contributed by atoms with van der Waals surface area (Å²) in [5.41, 5.74) is 2.09. The molecule has 1 atom stereocenters. The molecule has 0 bridgehead atoms. The molecule has 0 aliphatic carbocycles. The van der Waals surface area contributed by atoms with Gasteiger partial charge in [0.05, 0.1) is 17.9 Å². The number of ether oxygens (including phenoxy) is 1. The lowest BCUT2D eigenvalue weighted by molar-refractivity contribution is -0.127. The molecule has 1 N–H and O–H groups in total. The SMILES string of the molecule is CC(Oc1cccc2ccccc12)C(=O)NCc1cc(-c2ccc(F)cc2)ncn1. The number of halogens is 1. The van der Waals surface area contributed by atoms with Gasteiger partial charge in [-0.25, -0.2) is 14.4 Å². The minimum Gasteiger partial charge on any atom is -0.480 e. The van der Waals surface area contributed by atoms with E-state index in [1.165, 1.54) is 18.5 Å². The summed E-state index contributed by atoms with van der Waals surface area (Å²) < 4.78 is 19.0. The highest BCUT2D eigenvalue weighted by Gasteiger charge is 2.16. The molecule has 1 unspecified atom stereocenters. The number of nitrogens with one attached hydrogen (secondary N) is 1. The van der Waals surface area contributed by atoms with E-state index in [1.54, 1.807) is 25.1 Å². The van der Waals surface area contributed by atoms with Crippen molar-refractivity contribution >= 4 is 16.7 Å². The summed E-state index contributed by atoms with van der Waals surface area (Å²) in [6.45, 7) is 1.94. The number of carbonyl (C=O) groups is 1. The summed E-state index contributed by atoms with van der Waals surface area (Å²) in [5, 5.41) is 4.85. The first kappa shape index (κ1) is 19.5. The first-order valence-electron chi connectivity index (χ1n) is 9.59. The molecule has 150 valence electrons. The Morgan fingerprint density at radius 1 is 1.03 bits per heavy atom. The monoisotopic (exact) mass is 401 g/mol. The largest absolute Gasteiger partial charge is 0.480 e. The van der Waals surface area contributed by atoms with Crippen LogP contribution in [0.15, 0.2) is 79.1 Å². The van der Waals surface area contributed by atoms with Gasteiger partial charge in [-0.3, -0.25) is 4.79 Å². The summed E-state index contributed by atoms with van der Waals surface area (Å²) in [7, 11) is 0. The Morgan fingerprint density at radius 3 is 2.63 bits per heavy atom. The zero-order valence-corrected chi connectivity index (χ0v) is 16.4. The Labute approximate surface area is 173 Å². The molecule has 1 amide bonds. The standard InChI is InChI=1S/C24H20FN3O2/c1-16(30-23-8-4-6-17-5-2-3-7-21(17)23)24(29)26-14-20-13-22(28-15-27-20)18-9-11-19(25)12-10-18/h2-13,15-16H,14H2,1H3,(H,26,29). The molecule has 6 heteroatoms. The second-order valence-corrected chi connectivity index (χ2v) is 6.86. The third-order valence-corrected chi connectivity index (χ3v) is 4.73. The Balaban J connectivity index is 1.40. The van der Waals surface area contributed by atoms with Gasteiger partial charge >= 0.3 is 0 Å². The Morgan fingerprint density at radius 2 is 1.80 bits per heavy atom. The molecule has 30 heavy (non-hydrogen) atoms. The molecule has 1 aromatic heterocycles. The van der Waals surface area contributed by atoms with Crippen molar-refractivity contribution in [1.82, 2.24) is 15.3 Å². The van der Waals surface area contributed by atoms with E-state index in [-0.39, 0.29) is 18.3 Å². The number of aromatic nitrogens is 2. The number of fused-ring (bicyclic) bond motifs is 1. The highest BCUT2D eigenvalue weighted by Crippen LogP contribution is 2.26. The van der Waals surface area contributed by atoms with Crippen LogP contribution in [0.25, 0.3) is 22.0 Å². The summed E-state index contributed by atoms with van der Waals surface area (Å²) >= 11 is 0. The first-order valence-corrected chi connectivity index (χ1v) is 9.59. The molecule has 0 saturated carbocycles. The first-order chi connectivity index (χ1) is 14.6. The van der Waals surface area contributed by atoms with Crippen molar-refractivity contribution in [3.05, 3.63) is 90.6 Å². The van der Waals surface area contributed by atoms with Gasteiger partial charge in [0, 0.05) is 10.9 Å². The smallest absolute Gasteiger partial charge is 0.261 e. The van der Waals surface area contributed by atoms with Crippen molar-refractivity contribution in [1.29, 1.82) is 0 Å². The van der Waals surface area contributed by atoms with Crippen molar-refractivity contribution in [2.45, 2.75) is 19.6 Å². The van der Waals surface area contributed by atoms with Gasteiger partial charge in [0.1, 0.15) is 17.9 Å². The van der Waals surface area contributed by atoms with Crippen LogP contribution in [0.5, 0.6) is 5.75 Å². The van der Waals surface area contributed by atoms with Gasteiger partial charge in [-0.15, -0.1) is 0 Å². The predicted molar refractivity (Wildman–Crippen MR) is 113 cm³/mol. The normalized spacial score (nSPS) is 11.8. The quantitative estimate of drug-likeness (QED) is 0.516. The third-order valence-electron chi connectivity index (χ3n) is 4.73. The molecule has 1 heterocycles. The number of rotatable bonds is 6. The molecule has 0 radical (unpaired) electrons. The van der Waals surface area contributed by atoms with E-state index in [4.69, 9.17) is 4.74 Å². The number of benzene rings is 3. The van der Waals surface area contributed by atoms with Crippen LogP contribution in [0.4, 0.5) is 4.39 Å². The maximum atomic E-state index is 13.1.